The molecule has 0 aliphatic rings. The van der Waals surface area contributed by atoms with Gasteiger partial charge in [0.1, 0.15) is 5.75 Å². The van der Waals surface area contributed by atoms with Gasteiger partial charge in [0.15, 0.2) is 0 Å². The lowest BCUT2D eigenvalue weighted by Crippen LogP contribution is -1.89. The zero-order valence-electron chi connectivity index (χ0n) is 11.0. The predicted octanol–water partition coefficient (Wildman–Crippen LogP) is 4.90. The van der Waals surface area contributed by atoms with Crippen molar-refractivity contribution >= 4 is 32.3 Å². The van der Waals surface area contributed by atoms with Gasteiger partial charge in [-0.3, -0.25) is 0 Å². The zero-order valence-corrected chi connectivity index (χ0v) is 11.0. The zero-order chi connectivity index (χ0) is 13.0. The summed E-state index contributed by atoms with van der Waals surface area (Å²) in [4.78, 5) is 0. The van der Waals surface area contributed by atoms with Gasteiger partial charge in [0.05, 0.1) is 7.11 Å². The molecule has 0 heterocycles. The van der Waals surface area contributed by atoms with Crippen LogP contribution in [0.3, 0.4) is 0 Å². The highest BCUT2D eigenvalue weighted by Crippen LogP contribution is 2.39. The van der Waals surface area contributed by atoms with Crippen molar-refractivity contribution < 1.29 is 4.74 Å². The molecule has 0 aliphatic heterocycles. The Labute approximate surface area is 111 Å². The van der Waals surface area contributed by atoms with E-state index in [4.69, 9.17) is 4.74 Å². The Hall–Kier alpha value is -2.28. The number of rotatable bonds is 1. The molecule has 0 atom stereocenters. The van der Waals surface area contributed by atoms with Crippen molar-refractivity contribution in [1.29, 1.82) is 0 Å². The summed E-state index contributed by atoms with van der Waals surface area (Å²) in [5, 5.41) is 7.78. The Balaban J connectivity index is 2.39. The average molecular weight is 246 g/mol. The molecule has 1 nitrogen and oxygen atoms in total. The van der Waals surface area contributed by atoms with Crippen molar-refractivity contribution in [2.75, 3.05) is 7.11 Å². The van der Waals surface area contributed by atoms with E-state index >= 15 is 0 Å². The third-order valence-corrected chi connectivity index (χ3v) is 4.06. The molecule has 0 N–H and O–H groups in total. The average Bonchev–Trinajstić information content (AvgIpc) is 2.46. The van der Waals surface area contributed by atoms with Gasteiger partial charge < -0.3 is 4.74 Å². The summed E-state index contributed by atoms with van der Waals surface area (Å²) in [5.74, 6) is 0.948. The van der Waals surface area contributed by atoms with E-state index in [0.29, 0.717) is 0 Å². The minimum absolute atomic E-state index is 0.948. The van der Waals surface area contributed by atoms with E-state index < -0.39 is 0 Å². The van der Waals surface area contributed by atoms with E-state index in [1.165, 1.54) is 37.9 Å². The number of methoxy groups -OCH3 is 1. The van der Waals surface area contributed by atoms with E-state index in [0.717, 1.165) is 5.75 Å². The minimum Gasteiger partial charge on any atom is -0.496 e. The second kappa shape index (κ2) is 3.61. The van der Waals surface area contributed by atoms with Gasteiger partial charge in [-0.15, -0.1) is 0 Å². The van der Waals surface area contributed by atoms with Gasteiger partial charge in [-0.2, -0.15) is 0 Å². The largest absolute Gasteiger partial charge is 0.496 e. The Morgan fingerprint density at radius 2 is 1.26 bits per heavy atom. The van der Waals surface area contributed by atoms with Gasteiger partial charge in [0, 0.05) is 10.8 Å². The maximum absolute atomic E-state index is 5.50. The predicted molar refractivity (Wildman–Crippen MR) is 81.4 cm³/mol. The maximum atomic E-state index is 5.50. The maximum Gasteiger partial charge on any atom is 0.126 e. The fourth-order valence-corrected chi connectivity index (χ4v) is 3.10. The van der Waals surface area contributed by atoms with E-state index in [9.17, 15) is 0 Å². The van der Waals surface area contributed by atoms with E-state index in [-0.39, 0.29) is 0 Å². The highest BCUT2D eigenvalue weighted by atomic mass is 16.5. The van der Waals surface area contributed by atoms with Crippen LogP contribution in [0.2, 0.25) is 0 Å². The second-order valence-electron chi connectivity index (χ2n) is 5.07. The highest BCUT2D eigenvalue weighted by molar-refractivity contribution is 6.24. The lowest BCUT2D eigenvalue weighted by molar-refractivity contribution is 0.420. The van der Waals surface area contributed by atoms with Crippen LogP contribution < -0.4 is 4.74 Å². The SMILES string of the molecule is COc1ccc2ccc3ccc(C)c4ccc1c2c34. The summed E-state index contributed by atoms with van der Waals surface area (Å²) in [6.07, 6.45) is 0. The van der Waals surface area contributed by atoms with Crippen LogP contribution in [0, 0.1) is 6.92 Å². The van der Waals surface area contributed by atoms with Gasteiger partial charge >= 0.3 is 0 Å². The number of hydrogen-bond donors (Lipinski definition) is 0. The van der Waals surface area contributed by atoms with Crippen LogP contribution in [0.4, 0.5) is 0 Å². The molecule has 4 aromatic carbocycles. The summed E-state index contributed by atoms with van der Waals surface area (Å²) >= 11 is 0. The van der Waals surface area contributed by atoms with Crippen LogP contribution in [0.15, 0.2) is 48.5 Å². The number of aryl methyl sites for hydroxylation is 1. The fourth-order valence-electron chi connectivity index (χ4n) is 3.10. The highest BCUT2D eigenvalue weighted by Gasteiger charge is 2.11. The van der Waals surface area contributed by atoms with Crippen LogP contribution >= 0.6 is 0 Å². The Morgan fingerprint density at radius 3 is 2.00 bits per heavy atom. The Kier molecular flexibility index (Phi) is 2.02. The molecule has 0 spiro atoms. The first-order chi connectivity index (χ1) is 9.29. The van der Waals surface area contributed by atoms with Crippen molar-refractivity contribution in [2.45, 2.75) is 6.92 Å². The van der Waals surface area contributed by atoms with Crippen molar-refractivity contribution in [3.63, 3.8) is 0 Å². The van der Waals surface area contributed by atoms with Crippen LogP contribution in [0.1, 0.15) is 5.56 Å². The van der Waals surface area contributed by atoms with Gasteiger partial charge in [0.25, 0.3) is 0 Å². The molecule has 0 radical (unpaired) electrons. The quantitative estimate of drug-likeness (QED) is 0.434. The van der Waals surface area contributed by atoms with Crippen LogP contribution in [0.25, 0.3) is 32.3 Å². The number of hydrogen-bond acceptors (Lipinski definition) is 1. The van der Waals surface area contributed by atoms with E-state index in [2.05, 4.69) is 55.5 Å². The van der Waals surface area contributed by atoms with Crippen LogP contribution in [0.5, 0.6) is 5.75 Å². The minimum atomic E-state index is 0.948. The summed E-state index contributed by atoms with van der Waals surface area (Å²) in [6, 6.07) is 17.4. The smallest absolute Gasteiger partial charge is 0.126 e. The van der Waals surface area contributed by atoms with Gasteiger partial charge in [-0.05, 0) is 46.2 Å². The van der Waals surface area contributed by atoms with Gasteiger partial charge in [0.2, 0.25) is 0 Å². The molecule has 0 bridgehead atoms. The molecular weight excluding hydrogens is 232 g/mol. The summed E-state index contributed by atoms with van der Waals surface area (Å²) in [7, 11) is 1.73. The first kappa shape index (κ1) is 10.6. The molecule has 1 heteroatoms. The molecule has 0 aromatic heterocycles. The molecule has 92 valence electrons. The monoisotopic (exact) mass is 246 g/mol. The molecular formula is C18H14O. The van der Waals surface area contributed by atoms with Crippen molar-refractivity contribution in [3.8, 4) is 5.75 Å². The molecule has 19 heavy (non-hydrogen) atoms. The molecule has 0 saturated heterocycles. The van der Waals surface area contributed by atoms with E-state index in [1.807, 2.05) is 0 Å². The topological polar surface area (TPSA) is 9.23 Å². The fraction of sp³-hybridized carbons (Fsp3) is 0.111. The molecule has 0 aliphatic carbocycles. The normalized spacial score (nSPS) is 11.7. The number of ether oxygens (including phenoxy) is 1. The van der Waals surface area contributed by atoms with Gasteiger partial charge in [-0.1, -0.05) is 36.4 Å². The Morgan fingerprint density at radius 1 is 0.684 bits per heavy atom. The Bertz CT molecular complexity index is 906. The lowest BCUT2D eigenvalue weighted by Gasteiger charge is -2.14. The van der Waals surface area contributed by atoms with Crippen molar-refractivity contribution in [3.05, 3.63) is 54.1 Å². The third-order valence-electron chi connectivity index (χ3n) is 4.06. The molecule has 4 aromatic rings. The lowest BCUT2D eigenvalue weighted by atomic mass is 9.92. The first-order valence-electron chi connectivity index (χ1n) is 6.51. The second-order valence-corrected chi connectivity index (χ2v) is 5.07. The molecule has 0 amide bonds. The van der Waals surface area contributed by atoms with Gasteiger partial charge in [-0.25, -0.2) is 0 Å². The molecule has 0 unspecified atom stereocenters. The van der Waals surface area contributed by atoms with Crippen molar-refractivity contribution in [2.24, 2.45) is 0 Å². The van der Waals surface area contributed by atoms with Crippen molar-refractivity contribution in [1.82, 2.24) is 0 Å². The summed E-state index contributed by atoms with van der Waals surface area (Å²) in [5.41, 5.74) is 1.32. The van der Waals surface area contributed by atoms with Crippen LogP contribution in [-0.4, -0.2) is 7.11 Å². The number of benzene rings is 4. The molecule has 4 rings (SSSR count). The standard InChI is InChI=1S/C18H14O/c1-11-3-4-12-5-6-13-7-10-16(19-2)15-9-8-14(11)17(12)18(13)15/h3-10H,1-2H3. The third kappa shape index (κ3) is 1.30. The molecule has 0 saturated carbocycles. The first-order valence-corrected chi connectivity index (χ1v) is 6.51. The van der Waals surface area contributed by atoms with Crippen LogP contribution in [-0.2, 0) is 0 Å². The van der Waals surface area contributed by atoms with E-state index in [1.54, 1.807) is 7.11 Å². The summed E-state index contributed by atoms with van der Waals surface area (Å²) < 4.78 is 5.50. The molecule has 0 fully saturated rings. The summed E-state index contributed by atoms with van der Waals surface area (Å²) in [6.45, 7) is 2.17.